The molecule has 1 aliphatic rings. The summed E-state index contributed by atoms with van der Waals surface area (Å²) in [6, 6.07) is 21.8. The molecule has 3 N–H and O–H groups in total. The highest BCUT2D eigenvalue weighted by atomic mass is 19.1. The van der Waals surface area contributed by atoms with Gasteiger partial charge in [-0.1, -0.05) is 61.7 Å². The molecule has 1 atom stereocenters. The number of hydrogen-bond donors (Lipinski definition) is 3. The molecule has 0 amide bonds. The number of likely N-dealkylation sites (N-methyl/N-ethyl adjacent to an activating group) is 1. The maximum absolute atomic E-state index is 13.7. The number of nitrogens with zero attached hydrogens (tertiary/aromatic N) is 1. The third-order valence-electron chi connectivity index (χ3n) is 7.95. The largest absolute Gasteiger partial charge is 0.372 e. The van der Waals surface area contributed by atoms with E-state index in [9.17, 15) is 4.39 Å². The molecule has 3 aromatic rings. The number of halogens is 1. The average molecular weight is 577 g/mol. The summed E-state index contributed by atoms with van der Waals surface area (Å²) in [5, 5.41) is 10.2. The van der Waals surface area contributed by atoms with Gasteiger partial charge in [-0.25, -0.2) is 4.39 Å². The van der Waals surface area contributed by atoms with Crippen molar-refractivity contribution in [2.45, 2.75) is 45.6 Å². The average Bonchev–Trinajstić information content (AvgIpc) is 3.02. The summed E-state index contributed by atoms with van der Waals surface area (Å²) in [5.74, 6) is -0.250. The number of anilines is 1. The molecule has 5 heteroatoms. The van der Waals surface area contributed by atoms with Crippen LogP contribution >= 0.6 is 0 Å². The van der Waals surface area contributed by atoms with Gasteiger partial charge < -0.3 is 20.9 Å². The van der Waals surface area contributed by atoms with Crippen molar-refractivity contribution in [1.82, 2.24) is 16.0 Å². The van der Waals surface area contributed by atoms with Crippen LogP contribution in [0.5, 0.6) is 0 Å². The molecule has 4 nitrogen and oxygen atoms in total. The molecule has 0 spiro atoms. The predicted molar refractivity (Wildman–Crippen MR) is 182 cm³/mol. The fourth-order valence-electron chi connectivity index (χ4n) is 5.29. The van der Waals surface area contributed by atoms with Crippen LogP contribution in [0.25, 0.3) is 11.3 Å². The number of piperidine rings is 1. The van der Waals surface area contributed by atoms with Crippen LogP contribution in [-0.4, -0.2) is 26.2 Å². The number of nitrogens with one attached hydrogen (secondary N) is 3. The zero-order chi connectivity index (χ0) is 30.8. The van der Waals surface area contributed by atoms with Crippen molar-refractivity contribution in [3.05, 3.63) is 150 Å². The van der Waals surface area contributed by atoms with Gasteiger partial charge in [0.05, 0.1) is 0 Å². The standard InChI is InChI=1S/C38H45FN4/c1-7-41-38(33-13-11-12-27(2)22-33)19-18-36(42-30(5)29(4)40-6)24-31-23-34(28(3)32-14-16-35(39)17-15-32)26-37(25-31)43-20-9-8-10-21-43/h7,11-19,22-23,25-26,29,40-42H,1,3,5,8-10,20-21,24H2,2,4,6H3/b36-18+,38-19-. The summed E-state index contributed by atoms with van der Waals surface area (Å²) in [5.41, 5.74) is 10.3. The number of hydrogen-bond acceptors (Lipinski definition) is 4. The molecule has 1 heterocycles. The number of benzene rings is 3. The second-order valence-electron chi connectivity index (χ2n) is 11.2. The van der Waals surface area contributed by atoms with Crippen LogP contribution < -0.4 is 20.9 Å². The molecule has 224 valence electrons. The summed E-state index contributed by atoms with van der Waals surface area (Å²) >= 11 is 0. The van der Waals surface area contributed by atoms with Crippen LogP contribution in [0.3, 0.4) is 0 Å². The molecule has 3 aromatic carbocycles. The Morgan fingerprint density at radius 1 is 0.930 bits per heavy atom. The number of aryl methyl sites for hydroxylation is 1. The van der Waals surface area contributed by atoms with Crippen molar-refractivity contribution in [1.29, 1.82) is 0 Å². The van der Waals surface area contributed by atoms with E-state index in [1.165, 1.54) is 42.6 Å². The molecule has 1 fully saturated rings. The van der Waals surface area contributed by atoms with Gasteiger partial charge >= 0.3 is 0 Å². The van der Waals surface area contributed by atoms with E-state index < -0.39 is 0 Å². The molecular formula is C38H45FN4. The lowest BCUT2D eigenvalue weighted by Crippen LogP contribution is -2.31. The SMILES string of the molecule is C=CN/C(=C\C=C(/Cc1cc(C(=C)c2ccc(F)cc2)cc(N2CCCCC2)c1)NC(=C)C(C)NC)c1cccc(C)c1. The van der Waals surface area contributed by atoms with Crippen LogP contribution in [0.1, 0.15) is 54.0 Å². The summed E-state index contributed by atoms with van der Waals surface area (Å²) in [6.45, 7) is 18.9. The Bertz CT molecular complexity index is 1490. The molecule has 1 unspecified atom stereocenters. The summed E-state index contributed by atoms with van der Waals surface area (Å²) < 4.78 is 13.7. The van der Waals surface area contributed by atoms with Gasteiger partial charge in [0.15, 0.2) is 0 Å². The van der Waals surface area contributed by atoms with Gasteiger partial charge in [-0.2, -0.15) is 0 Å². The molecule has 0 aliphatic carbocycles. The first kappa shape index (κ1) is 31.6. The second kappa shape index (κ2) is 15.2. The minimum Gasteiger partial charge on any atom is -0.372 e. The zero-order valence-electron chi connectivity index (χ0n) is 25.8. The molecule has 0 bridgehead atoms. The quantitative estimate of drug-likeness (QED) is 0.180. The lowest BCUT2D eigenvalue weighted by Gasteiger charge is -2.30. The number of allylic oxidation sites excluding steroid dienone is 3. The highest BCUT2D eigenvalue weighted by molar-refractivity contribution is 5.80. The predicted octanol–water partition coefficient (Wildman–Crippen LogP) is 8.10. The maximum atomic E-state index is 13.7. The Kier molecular flexibility index (Phi) is 11.2. The monoisotopic (exact) mass is 576 g/mol. The smallest absolute Gasteiger partial charge is 0.123 e. The van der Waals surface area contributed by atoms with Gasteiger partial charge in [0, 0.05) is 48.3 Å². The van der Waals surface area contributed by atoms with Crippen molar-refractivity contribution in [2.75, 3.05) is 25.0 Å². The first-order valence-electron chi connectivity index (χ1n) is 15.1. The van der Waals surface area contributed by atoms with Crippen molar-refractivity contribution in [2.24, 2.45) is 0 Å². The lowest BCUT2D eigenvalue weighted by molar-refractivity contribution is 0.577. The Morgan fingerprint density at radius 2 is 1.67 bits per heavy atom. The molecule has 0 saturated carbocycles. The van der Waals surface area contributed by atoms with Crippen molar-refractivity contribution < 1.29 is 4.39 Å². The fraction of sp³-hybridized carbons (Fsp3) is 0.263. The Balaban J connectivity index is 1.75. The summed E-state index contributed by atoms with van der Waals surface area (Å²) in [7, 11) is 1.93. The van der Waals surface area contributed by atoms with Crippen LogP contribution in [0.2, 0.25) is 0 Å². The van der Waals surface area contributed by atoms with Gasteiger partial charge in [0.1, 0.15) is 5.82 Å². The van der Waals surface area contributed by atoms with Gasteiger partial charge in [-0.15, -0.1) is 0 Å². The van der Waals surface area contributed by atoms with E-state index in [1.54, 1.807) is 18.3 Å². The van der Waals surface area contributed by atoms with Crippen molar-refractivity contribution in [3.8, 4) is 0 Å². The van der Waals surface area contributed by atoms with Crippen molar-refractivity contribution >= 4 is 17.0 Å². The van der Waals surface area contributed by atoms with Crippen LogP contribution in [0.4, 0.5) is 10.1 Å². The highest BCUT2D eigenvalue weighted by Crippen LogP contribution is 2.30. The second-order valence-corrected chi connectivity index (χ2v) is 11.2. The summed E-state index contributed by atoms with van der Waals surface area (Å²) in [6.07, 6.45) is 10.2. The van der Waals surface area contributed by atoms with Gasteiger partial charge in [0.2, 0.25) is 0 Å². The first-order valence-corrected chi connectivity index (χ1v) is 15.1. The third kappa shape index (κ3) is 8.82. The fourth-order valence-corrected chi connectivity index (χ4v) is 5.29. The lowest BCUT2D eigenvalue weighted by atomic mass is 9.95. The minimum absolute atomic E-state index is 0.0865. The van der Waals surface area contributed by atoms with E-state index >= 15 is 0 Å². The molecule has 4 rings (SSSR count). The van der Waals surface area contributed by atoms with E-state index in [1.807, 2.05) is 7.05 Å². The molecule has 43 heavy (non-hydrogen) atoms. The van der Waals surface area contributed by atoms with Crippen LogP contribution in [0, 0.1) is 12.7 Å². The third-order valence-corrected chi connectivity index (χ3v) is 7.95. The van der Waals surface area contributed by atoms with E-state index in [0.29, 0.717) is 6.42 Å². The Morgan fingerprint density at radius 3 is 2.35 bits per heavy atom. The molecular weight excluding hydrogens is 531 g/mol. The van der Waals surface area contributed by atoms with Gasteiger partial charge in [-0.05, 0) is 117 Å². The van der Waals surface area contributed by atoms with Gasteiger partial charge in [0.25, 0.3) is 0 Å². The highest BCUT2D eigenvalue weighted by Gasteiger charge is 2.16. The molecule has 1 saturated heterocycles. The normalized spacial score (nSPS) is 14.7. The first-order chi connectivity index (χ1) is 20.8. The minimum atomic E-state index is -0.250. The zero-order valence-corrected chi connectivity index (χ0v) is 25.8. The van der Waals surface area contributed by atoms with E-state index in [-0.39, 0.29) is 11.9 Å². The number of rotatable bonds is 13. The Labute approximate surface area is 257 Å². The maximum Gasteiger partial charge on any atom is 0.123 e. The van der Waals surface area contributed by atoms with E-state index in [2.05, 4.69) is 109 Å². The molecule has 1 aliphatic heterocycles. The van der Waals surface area contributed by atoms with E-state index in [0.717, 1.165) is 58.0 Å². The van der Waals surface area contributed by atoms with E-state index in [4.69, 9.17) is 0 Å². The molecule has 0 aromatic heterocycles. The van der Waals surface area contributed by atoms with Gasteiger partial charge in [-0.3, -0.25) is 0 Å². The van der Waals surface area contributed by atoms with Crippen LogP contribution in [0.15, 0.2) is 116 Å². The Hall–Kier alpha value is -4.35. The van der Waals surface area contributed by atoms with Crippen molar-refractivity contribution in [3.63, 3.8) is 0 Å². The van der Waals surface area contributed by atoms with Crippen LogP contribution in [-0.2, 0) is 6.42 Å². The topological polar surface area (TPSA) is 39.3 Å². The molecule has 0 radical (unpaired) electrons. The summed E-state index contributed by atoms with van der Waals surface area (Å²) in [4.78, 5) is 2.47.